The van der Waals surface area contributed by atoms with Gasteiger partial charge in [-0.2, -0.15) is 0 Å². The van der Waals surface area contributed by atoms with E-state index in [1.807, 2.05) is 26.1 Å². The van der Waals surface area contributed by atoms with Crippen LogP contribution in [0, 0.1) is 0 Å². The Morgan fingerprint density at radius 3 is 3.00 bits per heavy atom. The lowest BCUT2D eigenvalue weighted by molar-refractivity contribution is 0.0938. The maximum atomic E-state index is 12.0. The van der Waals surface area contributed by atoms with Crippen LogP contribution in [0.2, 0.25) is 5.02 Å². The van der Waals surface area contributed by atoms with E-state index in [9.17, 15) is 4.79 Å². The van der Waals surface area contributed by atoms with E-state index >= 15 is 0 Å². The van der Waals surface area contributed by atoms with Crippen LogP contribution in [-0.4, -0.2) is 26.9 Å². The zero-order valence-corrected chi connectivity index (χ0v) is 12.5. The van der Waals surface area contributed by atoms with Crippen molar-refractivity contribution in [2.24, 2.45) is 0 Å². The molecule has 21 heavy (non-hydrogen) atoms. The van der Waals surface area contributed by atoms with Crippen molar-refractivity contribution in [1.29, 1.82) is 0 Å². The summed E-state index contributed by atoms with van der Waals surface area (Å²) in [7, 11) is 0. The molecule has 0 atom stereocenters. The molecule has 0 fully saturated rings. The average molecular weight is 305 g/mol. The van der Waals surface area contributed by atoms with E-state index in [2.05, 4.69) is 20.3 Å². The van der Waals surface area contributed by atoms with Crippen molar-refractivity contribution in [3.63, 3.8) is 0 Å². The first-order valence-electron chi connectivity index (χ1n) is 6.67. The summed E-state index contributed by atoms with van der Waals surface area (Å²) in [4.78, 5) is 22.3. The highest BCUT2D eigenvalue weighted by Crippen LogP contribution is 2.34. The molecule has 5 nitrogen and oxygen atoms in total. The maximum absolute atomic E-state index is 12.0. The average Bonchev–Trinajstić information content (AvgIpc) is 3.05. The summed E-state index contributed by atoms with van der Waals surface area (Å²) >= 11 is 6.28. The number of hydrogen-bond acceptors (Lipinski definition) is 2. The van der Waals surface area contributed by atoms with Crippen molar-refractivity contribution in [1.82, 2.24) is 20.3 Å². The molecule has 3 N–H and O–H groups in total. The number of rotatable bonds is 3. The number of H-pyrrole nitrogens is 2. The number of hydrogen-bond donors (Lipinski definition) is 3. The predicted octanol–water partition coefficient (Wildman–Crippen LogP) is 3.60. The van der Waals surface area contributed by atoms with Gasteiger partial charge in [-0.15, -0.1) is 0 Å². The summed E-state index contributed by atoms with van der Waals surface area (Å²) in [6, 6.07) is 3.81. The molecule has 0 radical (unpaired) electrons. The van der Waals surface area contributed by atoms with Gasteiger partial charge in [-0.05, 0) is 26.0 Å². The van der Waals surface area contributed by atoms with E-state index < -0.39 is 0 Å². The molecule has 0 bridgehead atoms. The Labute approximate surface area is 128 Å². The van der Waals surface area contributed by atoms with E-state index in [-0.39, 0.29) is 13.4 Å². The first-order valence-corrected chi connectivity index (χ1v) is 7.05. The second-order valence-corrected chi connectivity index (χ2v) is 5.56. The molecule has 3 aromatic rings. The summed E-state index contributed by atoms with van der Waals surface area (Å²) in [5, 5.41) is 4.33. The number of nitrogens with one attached hydrogen (secondary N) is 3. The number of carbonyl (C=O) groups excluding carboxylic acids is 1. The van der Waals surface area contributed by atoms with Crippen LogP contribution in [0.25, 0.3) is 22.2 Å². The molecule has 0 spiro atoms. The standard InChI is InChI=1S/C15H15ClN4O.H2/c1-8(2)20-15(21)12-5-9(6-18-12)13-10-3-4-17-14(10)19-7-11(13)16;/h3-8,18H,1-2H3,(H,17,19)(H,20,21);1H. The van der Waals surface area contributed by atoms with Crippen molar-refractivity contribution in [2.75, 3.05) is 0 Å². The van der Waals surface area contributed by atoms with E-state index in [1.54, 1.807) is 18.5 Å². The lowest BCUT2D eigenvalue weighted by atomic mass is 10.1. The Kier molecular flexibility index (Phi) is 3.43. The molecule has 0 aliphatic carbocycles. The number of pyridine rings is 1. The van der Waals surface area contributed by atoms with Gasteiger partial charge < -0.3 is 15.3 Å². The molecule has 3 heterocycles. The summed E-state index contributed by atoms with van der Waals surface area (Å²) in [5.41, 5.74) is 3.00. The van der Waals surface area contributed by atoms with Gasteiger partial charge >= 0.3 is 0 Å². The van der Waals surface area contributed by atoms with E-state index in [4.69, 9.17) is 11.6 Å². The third-order valence-corrected chi connectivity index (χ3v) is 3.46. The summed E-state index contributed by atoms with van der Waals surface area (Å²) in [6.45, 7) is 3.84. The molecule has 0 saturated heterocycles. The van der Waals surface area contributed by atoms with Gasteiger partial charge in [0.25, 0.3) is 5.91 Å². The normalized spacial score (nSPS) is 11.2. The summed E-state index contributed by atoms with van der Waals surface area (Å²) in [5.74, 6) is -0.133. The number of aromatic amines is 2. The maximum Gasteiger partial charge on any atom is 0.267 e. The third-order valence-electron chi connectivity index (χ3n) is 3.18. The Morgan fingerprint density at radius 1 is 1.43 bits per heavy atom. The van der Waals surface area contributed by atoms with Crippen molar-refractivity contribution < 1.29 is 6.22 Å². The molecular formula is C15H17ClN4O. The minimum Gasteiger partial charge on any atom is -0.357 e. The second-order valence-electron chi connectivity index (χ2n) is 5.15. The van der Waals surface area contributed by atoms with Crippen molar-refractivity contribution >= 4 is 28.5 Å². The minimum atomic E-state index is -0.133. The van der Waals surface area contributed by atoms with Crippen LogP contribution in [0.3, 0.4) is 0 Å². The van der Waals surface area contributed by atoms with Crippen LogP contribution in [0.5, 0.6) is 0 Å². The van der Waals surface area contributed by atoms with E-state index in [1.165, 1.54) is 0 Å². The van der Waals surface area contributed by atoms with Crippen LogP contribution in [0.4, 0.5) is 0 Å². The highest BCUT2D eigenvalue weighted by molar-refractivity contribution is 6.34. The van der Waals surface area contributed by atoms with Gasteiger partial charge in [0, 0.05) is 42.6 Å². The number of amides is 1. The fourth-order valence-electron chi connectivity index (χ4n) is 2.29. The third kappa shape index (κ3) is 2.52. The SMILES string of the molecule is CC(C)NC(=O)c1cc(-c2c(Cl)cnc3[nH]ccc23)c[nH]1.[HH]. The summed E-state index contributed by atoms with van der Waals surface area (Å²) < 4.78 is 0. The van der Waals surface area contributed by atoms with Gasteiger partial charge in [-0.1, -0.05) is 11.6 Å². The van der Waals surface area contributed by atoms with Gasteiger partial charge in [-0.3, -0.25) is 4.79 Å². The van der Waals surface area contributed by atoms with Crippen molar-refractivity contribution in [3.8, 4) is 11.1 Å². The molecule has 0 unspecified atom stereocenters. The Bertz CT molecular complexity index is 809. The quantitative estimate of drug-likeness (QED) is 0.691. The molecule has 3 rings (SSSR count). The fourth-order valence-corrected chi connectivity index (χ4v) is 2.55. The molecule has 110 valence electrons. The lowest BCUT2D eigenvalue weighted by Gasteiger charge is -2.06. The topological polar surface area (TPSA) is 73.6 Å². The predicted molar refractivity (Wildman–Crippen MR) is 85.6 cm³/mol. The number of carbonyl (C=O) groups is 1. The molecule has 0 aliphatic rings. The van der Waals surface area contributed by atoms with E-state index in [0.717, 1.165) is 22.2 Å². The van der Waals surface area contributed by atoms with Crippen molar-refractivity contribution in [3.05, 3.63) is 41.4 Å². The summed E-state index contributed by atoms with van der Waals surface area (Å²) in [6.07, 6.45) is 5.20. The Hall–Kier alpha value is -2.27. The number of nitrogens with zero attached hydrogens (tertiary/aromatic N) is 1. The van der Waals surface area contributed by atoms with Crippen LogP contribution in [0.1, 0.15) is 25.8 Å². The van der Waals surface area contributed by atoms with Crippen molar-refractivity contribution in [2.45, 2.75) is 19.9 Å². The highest BCUT2D eigenvalue weighted by atomic mass is 35.5. The van der Waals surface area contributed by atoms with Gasteiger partial charge in [0.2, 0.25) is 0 Å². The second kappa shape index (κ2) is 5.26. The van der Waals surface area contributed by atoms with Crippen LogP contribution >= 0.6 is 11.6 Å². The molecule has 0 aromatic carbocycles. The largest absolute Gasteiger partial charge is 0.357 e. The molecule has 6 heteroatoms. The first kappa shape index (κ1) is 13.7. The van der Waals surface area contributed by atoms with Gasteiger partial charge in [0.1, 0.15) is 11.3 Å². The van der Waals surface area contributed by atoms with Crippen LogP contribution in [-0.2, 0) is 0 Å². The number of fused-ring (bicyclic) bond motifs is 1. The molecular weight excluding hydrogens is 288 g/mol. The van der Waals surface area contributed by atoms with Gasteiger partial charge in [-0.25, -0.2) is 4.98 Å². The zero-order chi connectivity index (χ0) is 15.0. The number of aromatic nitrogens is 3. The Balaban J connectivity index is 0.00000176. The molecule has 1 amide bonds. The van der Waals surface area contributed by atoms with E-state index in [0.29, 0.717) is 10.7 Å². The van der Waals surface area contributed by atoms with Crippen LogP contribution in [0.15, 0.2) is 30.7 Å². The van der Waals surface area contributed by atoms with Gasteiger partial charge in [0.15, 0.2) is 0 Å². The molecule has 0 saturated carbocycles. The smallest absolute Gasteiger partial charge is 0.267 e. The lowest BCUT2D eigenvalue weighted by Crippen LogP contribution is -2.30. The highest BCUT2D eigenvalue weighted by Gasteiger charge is 2.15. The minimum absolute atomic E-state index is 0. The number of halogens is 1. The molecule has 0 aliphatic heterocycles. The van der Waals surface area contributed by atoms with Crippen LogP contribution < -0.4 is 5.32 Å². The Morgan fingerprint density at radius 2 is 2.24 bits per heavy atom. The molecule has 3 aromatic heterocycles. The first-order chi connectivity index (χ1) is 10.1. The van der Waals surface area contributed by atoms with Gasteiger partial charge in [0.05, 0.1) is 5.02 Å². The monoisotopic (exact) mass is 304 g/mol. The fraction of sp³-hybridized carbons (Fsp3) is 0.200. The zero-order valence-electron chi connectivity index (χ0n) is 11.7.